The Morgan fingerprint density at radius 2 is 2.29 bits per heavy atom. The number of morpholine rings is 1. The molecule has 0 amide bonds. The molecule has 21 heavy (non-hydrogen) atoms. The Kier molecular flexibility index (Phi) is 4.90. The number of aromatic nitrogens is 1. The third-order valence-corrected chi connectivity index (χ3v) is 4.92. The number of hydrogen-bond acceptors (Lipinski definition) is 6. The first kappa shape index (κ1) is 15.9. The van der Waals surface area contributed by atoms with E-state index in [1.165, 1.54) is 22.8 Å². The molecule has 1 aromatic heterocycles. The van der Waals surface area contributed by atoms with Crippen LogP contribution < -0.4 is 0 Å². The number of pyridine rings is 1. The van der Waals surface area contributed by atoms with Gasteiger partial charge < -0.3 is 9.47 Å². The highest BCUT2D eigenvalue weighted by molar-refractivity contribution is 7.89. The van der Waals surface area contributed by atoms with Gasteiger partial charge in [-0.2, -0.15) is 9.57 Å². The largest absolute Gasteiger partial charge is 0.382 e. The highest BCUT2D eigenvalue weighted by Gasteiger charge is 2.34. The number of ether oxygens (including phenoxy) is 2. The summed E-state index contributed by atoms with van der Waals surface area (Å²) in [5.41, 5.74) is 0.214. The van der Waals surface area contributed by atoms with Crippen molar-refractivity contribution in [3.8, 4) is 6.07 Å². The standard InChI is InChI=1S/C13H17N3O4S/c1-10-7-16(8-12(20-10)9-19-2)21(17,18)13-3-11(4-14)5-15-6-13/h3,5-6,10,12H,7-9H2,1-2H3. The molecule has 114 valence electrons. The number of nitriles is 1. The van der Waals surface area contributed by atoms with Gasteiger partial charge in [0.15, 0.2) is 0 Å². The lowest BCUT2D eigenvalue weighted by molar-refractivity contribution is -0.0819. The molecule has 0 N–H and O–H groups in total. The van der Waals surface area contributed by atoms with E-state index in [1.807, 2.05) is 13.0 Å². The number of hydrogen-bond donors (Lipinski definition) is 0. The first-order chi connectivity index (χ1) is 9.97. The molecule has 2 heterocycles. The lowest BCUT2D eigenvalue weighted by Crippen LogP contribution is -2.50. The molecule has 7 nitrogen and oxygen atoms in total. The van der Waals surface area contributed by atoms with Crippen molar-refractivity contribution in [1.82, 2.24) is 9.29 Å². The van der Waals surface area contributed by atoms with Gasteiger partial charge in [-0.3, -0.25) is 4.98 Å². The molecular weight excluding hydrogens is 294 g/mol. The zero-order valence-electron chi connectivity index (χ0n) is 11.9. The molecule has 1 aliphatic heterocycles. The molecule has 2 atom stereocenters. The molecule has 1 saturated heterocycles. The zero-order chi connectivity index (χ0) is 15.5. The maximum atomic E-state index is 12.6. The van der Waals surface area contributed by atoms with Gasteiger partial charge in [0.05, 0.1) is 24.4 Å². The zero-order valence-corrected chi connectivity index (χ0v) is 12.7. The molecule has 0 saturated carbocycles. The van der Waals surface area contributed by atoms with Crippen molar-refractivity contribution < 1.29 is 17.9 Å². The average molecular weight is 311 g/mol. The van der Waals surface area contributed by atoms with Gasteiger partial charge in [0, 0.05) is 32.6 Å². The van der Waals surface area contributed by atoms with E-state index >= 15 is 0 Å². The summed E-state index contributed by atoms with van der Waals surface area (Å²) in [4.78, 5) is 3.83. The molecule has 1 aromatic rings. The Bertz CT molecular complexity index is 641. The van der Waals surface area contributed by atoms with Crippen LogP contribution in [-0.4, -0.2) is 56.7 Å². The molecule has 0 radical (unpaired) electrons. The maximum Gasteiger partial charge on any atom is 0.244 e. The van der Waals surface area contributed by atoms with Crippen LogP contribution in [0.25, 0.3) is 0 Å². The van der Waals surface area contributed by atoms with Gasteiger partial charge in [-0.1, -0.05) is 0 Å². The third-order valence-electron chi connectivity index (χ3n) is 3.13. The van der Waals surface area contributed by atoms with E-state index < -0.39 is 10.0 Å². The summed E-state index contributed by atoms with van der Waals surface area (Å²) in [6, 6.07) is 3.22. The monoisotopic (exact) mass is 311 g/mol. The Morgan fingerprint density at radius 3 is 2.95 bits per heavy atom. The van der Waals surface area contributed by atoms with Gasteiger partial charge in [0.25, 0.3) is 0 Å². The Balaban J connectivity index is 2.27. The summed E-state index contributed by atoms with van der Waals surface area (Å²) < 4.78 is 37.3. The second-order valence-electron chi connectivity index (χ2n) is 4.87. The van der Waals surface area contributed by atoms with E-state index in [1.54, 1.807) is 7.11 Å². The smallest absolute Gasteiger partial charge is 0.244 e. The van der Waals surface area contributed by atoms with Crippen molar-refractivity contribution >= 4 is 10.0 Å². The third kappa shape index (κ3) is 3.57. The summed E-state index contributed by atoms with van der Waals surface area (Å²) in [5, 5.41) is 8.86. The van der Waals surface area contributed by atoms with Crippen LogP contribution in [0.4, 0.5) is 0 Å². The Morgan fingerprint density at radius 1 is 1.52 bits per heavy atom. The number of nitrogens with zero attached hydrogens (tertiary/aromatic N) is 3. The SMILES string of the molecule is COCC1CN(S(=O)(=O)c2cncc(C#N)c2)CC(C)O1. The van der Waals surface area contributed by atoms with Crippen molar-refractivity contribution in [2.75, 3.05) is 26.8 Å². The quantitative estimate of drug-likeness (QED) is 0.798. The van der Waals surface area contributed by atoms with Crippen LogP contribution in [0.2, 0.25) is 0 Å². The lowest BCUT2D eigenvalue weighted by atomic mass is 10.2. The van der Waals surface area contributed by atoms with Crippen LogP contribution in [0.5, 0.6) is 0 Å². The average Bonchev–Trinajstić information content (AvgIpc) is 2.47. The van der Waals surface area contributed by atoms with Crippen molar-refractivity contribution in [2.24, 2.45) is 0 Å². The number of rotatable bonds is 4. The molecule has 0 aliphatic carbocycles. The van der Waals surface area contributed by atoms with E-state index in [0.29, 0.717) is 6.61 Å². The van der Waals surface area contributed by atoms with Crippen molar-refractivity contribution in [3.63, 3.8) is 0 Å². The molecule has 1 fully saturated rings. The van der Waals surface area contributed by atoms with Gasteiger partial charge in [0.2, 0.25) is 10.0 Å². The van der Waals surface area contributed by atoms with Crippen molar-refractivity contribution in [3.05, 3.63) is 24.0 Å². The van der Waals surface area contributed by atoms with E-state index in [-0.39, 0.29) is 35.8 Å². The summed E-state index contributed by atoms with van der Waals surface area (Å²) in [6.45, 7) is 2.62. The van der Waals surface area contributed by atoms with E-state index in [9.17, 15) is 8.42 Å². The van der Waals surface area contributed by atoms with Gasteiger partial charge >= 0.3 is 0 Å². The summed E-state index contributed by atoms with van der Waals surface area (Å²) >= 11 is 0. The van der Waals surface area contributed by atoms with E-state index in [4.69, 9.17) is 14.7 Å². The fourth-order valence-corrected chi connectivity index (χ4v) is 3.78. The van der Waals surface area contributed by atoms with Crippen LogP contribution in [0.1, 0.15) is 12.5 Å². The first-order valence-electron chi connectivity index (χ1n) is 6.47. The van der Waals surface area contributed by atoms with Gasteiger partial charge in [-0.25, -0.2) is 8.42 Å². The topological polar surface area (TPSA) is 92.5 Å². The molecular formula is C13H17N3O4S. The molecule has 1 aliphatic rings. The Hall–Kier alpha value is -1.53. The molecule has 8 heteroatoms. The summed E-state index contributed by atoms with van der Waals surface area (Å²) in [7, 11) is -2.15. The van der Waals surface area contributed by atoms with Crippen molar-refractivity contribution in [2.45, 2.75) is 24.0 Å². The highest BCUT2D eigenvalue weighted by Crippen LogP contribution is 2.21. The summed E-state index contributed by atoms with van der Waals surface area (Å²) in [6.07, 6.45) is 2.05. The van der Waals surface area contributed by atoms with Crippen LogP contribution in [0, 0.1) is 11.3 Å². The number of methoxy groups -OCH3 is 1. The predicted molar refractivity (Wildman–Crippen MR) is 73.9 cm³/mol. The highest BCUT2D eigenvalue weighted by atomic mass is 32.2. The predicted octanol–water partition coefficient (Wildman–Crippen LogP) is 0.378. The molecule has 0 bridgehead atoms. The van der Waals surface area contributed by atoms with Crippen molar-refractivity contribution in [1.29, 1.82) is 5.26 Å². The maximum absolute atomic E-state index is 12.6. The van der Waals surface area contributed by atoms with Crippen LogP contribution >= 0.6 is 0 Å². The molecule has 0 aromatic carbocycles. The summed E-state index contributed by atoms with van der Waals surface area (Å²) in [5.74, 6) is 0. The lowest BCUT2D eigenvalue weighted by Gasteiger charge is -2.35. The second-order valence-corrected chi connectivity index (χ2v) is 6.81. The van der Waals surface area contributed by atoms with Gasteiger partial charge in [-0.05, 0) is 13.0 Å². The fraction of sp³-hybridized carbons (Fsp3) is 0.538. The van der Waals surface area contributed by atoms with Gasteiger partial charge in [-0.15, -0.1) is 0 Å². The van der Waals surface area contributed by atoms with Crippen LogP contribution in [-0.2, 0) is 19.5 Å². The Labute approximate surface area is 124 Å². The second kappa shape index (κ2) is 6.49. The van der Waals surface area contributed by atoms with E-state index in [2.05, 4.69) is 4.98 Å². The number of sulfonamides is 1. The van der Waals surface area contributed by atoms with Gasteiger partial charge in [0.1, 0.15) is 11.0 Å². The van der Waals surface area contributed by atoms with Crippen LogP contribution in [0.3, 0.4) is 0 Å². The molecule has 0 spiro atoms. The van der Waals surface area contributed by atoms with E-state index in [0.717, 1.165) is 0 Å². The first-order valence-corrected chi connectivity index (χ1v) is 7.91. The normalized spacial score (nSPS) is 23.7. The molecule has 2 rings (SSSR count). The fourth-order valence-electron chi connectivity index (χ4n) is 2.25. The minimum Gasteiger partial charge on any atom is -0.382 e. The minimum absolute atomic E-state index is 0.0202. The minimum atomic E-state index is -3.69. The van der Waals surface area contributed by atoms with Crippen LogP contribution in [0.15, 0.2) is 23.4 Å². The molecule has 2 unspecified atom stereocenters.